The van der Waals surface area contributed by atoms with E-state index in [1.54, 1.807) is 0 Å². The number of rotatable bonds is 7. The van der Waals surface area contributed by atoms with Crippen molar-refractivity contribution in [3.63, 3.8) is 0 Å². The van der Waals surface area contributed by atoms with Crippen molar-refractivity contribution in [2.45, 2.75) is 19.4 Å². The van der Waals surface area contributed by atoms with Gasteiger partial charge in [-0.3, -0.25) is 0 Å². The zero-order valence-electron chi connectivity index (χ0n) is 8.21. The molecule has 0 rings (SSSR count). The SMILES string of the molecule is C=CC(C)NCCCNS(C)(=O)=O. The van der Waals surface area contributed by atoms with Gasteiger partial charge in [-0.05, 0) is 19.9 Å². The quantitative estimate of drug-likeness (QED) is 0.458. The summed E-state index contributed by atoms with van der Waals surface area (Å²) >= 11 is 0. The van der Waals surface area contributed by atoms with Gasteiger partial charge in [0.15, 0.2) is 0 Å². The van der Waals surface area contributed by atoms with Crippen LogP contribution >= 0.6 is 0 Å². The van der Waals surface area contributed by atoms with Gasteiger partial charge in [-0.1, -0.05) is 6.08 Å². The van der Waals surface area contributed by atoms with E-state index in [4.69, 9.17) is 0 Å². The molecule has 0 aliphatic rings. The number of nitrogens with one attached hydrogen (secondary N) is 2. The molecular weight excluding hydrogens is 188 g/mol. The lowest BCUT2D eigenvalue weighted by Crippen LogP contribution is -2.29. The van der Waals surface area contributed by atoms with Crippen LogP contribution in [0, 0.1) is 0 Å². The molecule has 0 spiro atoms. The third kappa shape index (κ3) is 9.52. The van der Waals surface area contributed by atoms with Crippen molar-refractivity contribution in [3.05, 3.63) is 12.7 Å². The van der Waals surface area contributed by atoms with E-state index in [2.05, 4.69) is 16.6 Å². The van der Waals surface area contributed by atoms with Crippen LogP contribution in [0.4, 0.5) is 0 Å². The van der Waals surface area contributed by atoms with E-state index in [-0.39, 0.29) is 6.04 Å². The summed E-state index contributed by atoms with van der Waals surface area (Å²) in [7, 11) is -3.03. The molecule has 0 aromatic heterocycles. The van der Waals surface area contributed by atoms with Gasteiger partial charge in [0, 0.05) is 12.6 Å². The van der Waals surface area contributed by atoms with Gasteiger partial charge in [0.1, 0.15) is 0 Å². The van der Waals surface area contributed by atoms with Crippen LogP contribution in [0.2, 0.25) is 0 Å². The third-order valence-corrected chi connectivity index (χ3v) is 2.27. The Hall–Kier alpha value is -0.390. The predicted molar refractivity (Wildman–Crippen MR) is 55.1 cm³/mol. The summed E-state index contributed by atoms with van der Waals surface area (Å²) in [5, 5.41) is 3.17. The van der Waals surface area contributed by atoms with Gasteiger partial charge in [0.2, 0.25) is 10.0 Å². The zero-order valence-corrected chi connectivity index (χ0v) is 9.02. The summed E-state index contributed by atoms with van der Waals surface area (Å²) in [5.74, 6) is 0. The van der Waals surface area contributed by atoms with Crippen LogP contribution in [0.3, 0.4) is 0 Å². The Morgan fingerprint density at radius 2 is 2.08 bits per heavy atom. The topological polar surface area (TPSA) is 58.2 Å². The molecule has 0 aromatic carbocycles. The van der Waals surface area contributed by atoms with E-state index < -0.39 is 10.0 Å². The Bertz CT molecular complexity index is 237. The van der Waals surface area contributed by atoms with E-state index in [1.807, 2.05) is 13.0 Å². The minimum absolute atomic E-state index is 0.276. The van der Waals surface area contributed by atoms with Gasteiger partial charge in [-0.2, -0.15) is 0 Å². The number of hydrogen-bond donors (Lipinski definition) is 2. The highest BCUT2D eigenvalue weighted by Gasteiger charge is 1.98. The molecule has 13 heavy (non-hydrogen) atoms. The Kier molecular flexibility index (Phi) is 5.94. The van der Waals surface area contributed by atoms with Crippen LogP contribution in [-0.4, -0.2) is 33.8 Å². The van der Waals surface area contributed by atoms with Gasteiger partial charge in [0.25, 0.3) is 0 Å². The summed E-state index contributed by atoms with van der Waals surface area (Å²) in [6.45, 7) is 6.89. The molecule has 78 valence electrons. The molecule has 1 unspecified atom stereocenters. The lowest BCUT2D eigenvalue weighted by molar-refractivity contribution is 0.572. The van der Waals surface area contributed by atoms with Crippen LogP contribution in [0.15, 0.2) is 12.7 Å². The normalized spacial score (nSPS) is 14.0. The summed E-state index contributed by atoms with van der Waals surface area (Å²) in [6, 6.07) is 0.276. The molecule has 0 aromatic rings. The molecule has 2 N–H and O–H groups in total. The Morgan fingerprint density at radius 1 is 1.46 bits per heavy atom. The third-order valence-electron chi connectivity index (χ3n) is 1.54. The zero-order chi connectivity index (χ0) is 10.3. The van der Waals surface area contributed by atoms with E-state index in [0.717, 1.165) is 19.2 Å². The van der Waals surface area contributed by atoms with E-state index in [0.29, 0.717) is 6.54 Å². The Labute approximate surface area is 80.5 Å². The monoisotopic (exact) mass is 206 g/mol. The molecular formula is C8H18N2O2S. The van der Waals surface area contributed by atoms with Crippen molar-refractivity contribution < 1.29 is 8.42 Å². The smallest absolute Gasteiger partial charge is 0.208 e. The van der Waals surface area contributed by atoms with Crippen molar-refractivity contribution >= 4 is 10.0 Å². The van der Waals surface area contributed by atoms with Crippen LogP contribution < -0.4 is 10.0 Å². The molecule has 0 aliphatic carbocycles. The summed E-state index contributed by atoms with van der Waals surface area (Å²) < 4.78 is 23.7. The Morgan fingerprint density at radius 3 is 2.54 bits per heavy atom. The fraction of sp³-hybridized carbons (Fsp3) is 0.750. The largest absolute Gasteiger partial charge is 0.311 e. The average molecular weight is 206 g/mol. The van der Waals surface area contributed by atoms with Gasteiger partial charge < -0.3 is 5.32 Å². The second kappa shape index (κ2) is 6.12. The lowest BCUT2D eigenvalue weighted by Gasteiger charge is -2.08. The first-order chi connectivity index (χ1) is 5.95. The summed E-state index contributed by atoms with van der Waals surface area (Å²) in [5.41, 5.74) is 0. The molecule has 0 heterocycles. The summed E-state index contributed by atoms with van der Waals surface area (Å²) in [6.07, 6.45) is 3.75. The average Bonchev–Trinajstić information content (AvgIpc) is 2.01. The first-order valence-electron chi connectivity index (χ1n) is 4.26. The van der Waals surface area contributed by atoms with Crippen LogP contribution in [-0.2, 0) is 10.0 Å². The van der Waals surface area contributed by atoms with E-state index >= 15 is 0 Å². The van der Waals surface area contributed by atoms with Crippen molar-refractivity contribution in [2.24, 2.45) is 0 Å². The molecule has 0 saturated heterocycles. The first-order valence-corrected chi connectivity index (χ1v) is 6.15. The summed E-state index contributed by atoms with van der Waals surface area (Å²) in [4.78, 5) is 0. The number of sulfonamides is 1. The standard InChI is InChI=1S/C8H18N2O2S/c1-4-8(2)9-6-5-7-10-13(3,11)12/h4,8-10H,1,5-7H2,2-3H3. The molecule has 5 heteroatoms. The maximum Gasteiger partial charge on any atom is 0.208 e. The predicted octanol–water partition coefficient (Wildman–Crippen LogP) is 0.0898. The van der Waals surface area contributed by atoms with Crippen LogP contribution in [0.25, 0.3) is 0 Å². The van der Waals surface area contributed by atoms with Crippen molar-refractivity contribution in [2.75, 3.05) is 19.3 Å². The molecule has 1 atom stereocenters. The van der Waals surface area contributed by atoms with E-state index in [1.165, 1.54) is 0 Å². The molecule has 0 saturated carbocycles. The van der Waals surface area contributed by atoms with Gasteiger partial charge >= 0.3 is 0 Å². The van der Waals surface area contributed by atoms with Gasteiger partial charge in [-0.15, -0.1) is 6.58 Å². The highest BCUT2D eigenvalue weighted by molar-refractivity contribution is 7.88. The van der Waals surface area contributed by atoms with E-state index in [9.17, 15) is 8.42 Å². The molecule has 0 bridgehead atoms. The van der Waals surface area contributed by atoms with Crippen LogP contribution in [0.5, 0.6) is 0 Å². The van der Waals surface area contributed by atoms with Crippen molar-refractivity contribution in [1.82, 2.24) is 10.0 Å². The molecule has 0 fully saturated rings. The molecule has 0 aliphatic heterocycles. The minimum Gasteiger partial charge on any atom is -0.311 e. The van der Waals surface area contributed by atoms with Crippen LogP contribution in [0.1, 0.15) is 13.3 Å². The molecule has 4 nitrogen and oxygen atoms in total. The first kappa shape index (κ1) is 12.6. The maximum absolute atomic E-state index is 10.6. The highest BCUT2D eigenvalue weighted by atomic mass is 32.2. The second-order valence-corrected chi connectivity index (χ2v) is 4.83. The van der Waals surface area contributed by atoms with Crippen molar-refractivity contribution in [1.29, 1.82) is 0 Å². The molecule has 0 amide bonds. The second-order valence-electron chi connectivity index (χ2n) is 3.00. The lowest BCUT2D eigenvalue weighted by atomic mass is 10.3. The highest BCUT2D eigenvalue weighted by Crippen LogP contribution is 1.83. The molecule has 0 radical (unpaired) electrons. The fourth-order valence-corrected chi connectivity index (χ4v) is 1.27. The van der Waals surface area contributed by atoms with Gasteiger partial charge in [0.05, 0.1) is 6.26 Å². The van der Waals surface area contributed by atoms with Crippen molar-refractivity contribution in [3.8, 4) is 0 Å². The van der Waals surface area contributed by atoms with Gasteiger partial charge in [-0.25, -0.2) is 13.1 Å². The fourth-order valence-electron chi connectivity index (χ4n) is 0.759. The number of hydrogen-bond acceptors (Lipinski definition) is 3. The minimum atomic E-state index is -3.03. The maximum atomic E-state index is 10.6. The Balaban J connectivity index is 3.32.